The van der Waals surface area contributed by atoms with Gasteiger partial charge in [-0.15, -0.1) is 5.06 Å². The largest absolute Gasteiger partial charge is 0.506 e. The molecule has 0 spiro atoms. The summed E-state index contributed by atoms with van der Waals surface area (Å²) in [6.45, 7) is 3.08. The van der Waals surface area contributed by atoms with Gasteiger partial charge in [-0.2, -0.15) is 0 Å². The minimum Gasteiger partial charge on any atom is -0.506 e. The molecule has 4 rings (SSSR count). The van der Waals surface area contributed by atoms with E-state index in [0.29, 0.717) is 17.6 Å². The summed E-state index contributed by atoms with van der Waals surface area (Å²) in [7, 11) is 0. The summed E-state index contributed by atoms with van der Waals surface area (Å²) < 4.78 is 0. The smallest absolute Gasteiger partial charge is 0.160 e. The Balaban J connectivity index is 1.71. The lowest BCUT2D eigenvalue weighted by molar-refractivity contribution is -0.105. The van der Waals surface area contributed by atoms with Gasteiger partial charge in [0.2, 0.25) is 0 Å². The van der Waals surface area contributed by atoms with Gasteiger partial charge in [0, 0.05) is 18.3 Å². The van der Waals surface area contributed by atoms with Crippen LogP contribution in [0.1, 0.15) is 26.2 Å². The number of hydroxylamine groups is 2. The molecule has 1 aliphatic rings. The van der Waals surface area contributed by atoms with Crippen molar-refractivity contribution in [2.75, 3.05) is 11.9 Å². The Bertz CT molecular complexity index is 961. The fraction of sp³-hybridized carbons (Fsp3) is 0.300. The molecule has 7 heteroatoms. The average Bonchev–Trinajstić information content (AvgIpc) is 2.67. The third kappa shape index (κ3) is 3.77. The van der Waals surface area contributed by atoms with Crippen LogP contribution in [0.5, 0.6) is 11.5 Å². The van der Waals surface area contributed by atoms with E-state index in [9.17, 15) is 5.11 Å². The Kier molecular flexibility index (Phi) is 5.01. The number of piperidine rings is 1. The average molecular weight is 385 g/mol. The number of benzene rings is 2. The SMILES string of the molecule is CC1CCCCN1Oc1cccc2ncnc(Nc3ccc(O)c(Cl)c3)c12. The number of fused-ring (bicyclic) bond motifs is 1. The Morgan fingerprint density at radius 3 is 2.93 bits per heavy atom. The van der Waals surface area contributed by atoms with Crippen LogP contribution in [0.4, 0.5) is 11.5 Å². The Labute approximate surface area is 162 Å². The molecule has 0 amide bonds. The van der Waals surface area contributed by atoms with Gasteiger partial charge < -0.3 is 15.3 Å². The number of aromatic hydroxyl groups is 1. The van der Waals surface area contributed by atoms with Crippen molar-refractivity contribution in [2.24, 2.45) is 0 Å². The van der Waals surface area contributed by atoms with E-state index >= 15 is 0 Å². The standard InChI is InChI=1S/C20H21ClN4O2/c1-13-5-2-3-10-25(13)27-18-7-4-6-16-19(18)20(23-12-22-16)24-14-8-9-17(26)15(21)11-14/h4,6-9,11-13,26H,2-3,5,10H2,1H3,(H,22,23,24). The molecule has 3 aromatic rings. The van der Waals surface area contributed by atoms with E-state index in [1.807, 2.05) is 23.3 Å². The number of phenols is 1. The third-order valence-corrected chi connectivity index (χ3v) is 5.10. The van der Waals surface area contributed by atoms with Crippen LogP contribution >= 0.6 is 11.6 Å². The van der Waals surface area contributed by atoms with Gasteiger partial charge in [-0.3, -0.25) is 0 Å². The summed E-state index contributed by atoms with van der Waals surface area (Å²) in [6, 6.07) is 11.1. The molecule has 140 valence electrons. The monoisotopic (exact) mass is 384 g/mol. The van der Waals surface area contributed by atoms with Crippen LogP contribution in [0, 0.1) is 0 Å². The molecule has 1 atom stereocenters. The van der Waals surface area contributed by atoms with E-state index in [4.69, 9.17) is 16.4 Å². The number of anilines is 2. The summed E-state index contributed by atoms with van der Waals surface area (Å²) in [5.74, 6) is 1.38. The van der Waals surface area contributed by atoms with Crippen molar-refractivity contribution in [1.82, 2.24) is 15.0 Å². The highest BCUT2D eigenvalue weighted by Crippen LogP contribution is 2.34. The molecule has 1 saturated heterocycles. The highest BCUT2D eigenvalue weighted by Gasteiger charge is 2.21. The third-order valence-electron chi connectivity index (χ3n) is 4.79. The maximum absolute atomic E-state index is 9.62. The zero-order valence-corrected chi connectivity index (χ0v) is 15.8. The van der Waals surface area contributed by atoms with Crippen molar-refractivity contribution in [3.8, 4) is 11.5 Å². The molecule has 0 bridgehead atoms. The first-order valence-corrected chi connectivity index (χ1v) is 9.43. The molecular formula is C20H21ClN4O2. The van der Waals surface area contributed by atoms with Gasteiger partial charge >= 0.3 is 0 Å². The highest BCUT2D eigenvalue weighted by molar-refractivity contribution is 6.32. The van der Waals surface area contributed by atoms with Crippen LogP contribution in [0.2, 0.25) is 5.02 Å². The van der Waals surface area contributed by atoms with E-state index in [-0.39, 0.29) is 10.8 Å². The number of hydrogen-bond donors (Lipinski definition) is 2. The predicted octanol–water partition coefficient (Wildman–Crippen LogP) is 4.90. The van der Waals surface area contributed by atoms with Crippen LogP contribution in [0.25, 0.3) is 10.9 Å². The van der Waals surface area contributed by atoms with Gasteiger partial charge in [-0.05, 0) is 50.1 Å². The molecule has 2 heterocycles. The van der Waals surface area contributed by atoms with Crippen LogP contribution in [-0.4, -0.2) is 32.7 Å². The molecule has 1 aliphatic heterocycles. The van der Waals surface area contributed by atoms with Crippen molar-refractivity contribution in [3.63, 3.8) is 0 Å². The number of hydrogen-bond acceptors (Lipinski definition) is 6. The van der Waals surface area contributed by atoms with Gasteiger partial charge in [0.15, 0.2) is 5.75 Å². The zero-order valence-electron chi connectivity index (χ0n) is 15.0. The van der Waals surface area contributed by atoms with E-state index in [0.717, 1.165) is 36.0 Å². The maximum atomic E-state index is 9.62. The topological polar surface area (TPSA) is 70.5 Å². The molecule has 0 aliphatic carbocycles. The molecule has 0 saturated carbocycles. The fourth-order valence-corrected chi connectivity index (χ4v) is 3.48. The second-order valence-electron chi connectivity index (χ2n) is 6.74. The van der Waals surface area contributed by atoms with E-state index < -0.39 is 0 Å². The Hall–Kier alpha value is -2.57. The lowest BCUT2D eigenvalue weighted by Crippen LogP contribution is -2.39. The van der Waals surface area contributed by atoms with Gasteiger partial charge in [-0.1, -0.05) is 24.1 Å². The second-order valence-corrected chi connectivity index (χ2v) is 7.15. The molecule has 2 N–H and O–H groups in total. The normalized spacial score (nSPS) is 17.8. The van der Waals surface area contributed by atoms with Gasteiger partial charge in [0.25, 0.3) is 0 Å². The summed E-state index contributed by atoms with van der Waals surface area (Å²) >= 11 is 6.02. The van der Waals surface area contributed by atoms with Crippen molar-refractivity contribution in [3.05, 3.63) is 47.7 Å². The minimum atomic E-state index is 0.0397. The molecular weight excluding hydrogens is 364 g/mol. The quantitative estimate of drug-likeness (QED) is 0.623. The van der Waals surface area contributed by atoms with Gasteiger partial charge in [-0.25, -0.2) is 9.97 Å². The summed E-state index contributed by atoms with van der Waals surface area (Å²) in [5, 5.41) is 16.0. The Morgan fingerprint density at radius 2 is 2.11 bits per heavy atom. The molecule has 6 nitrogen and oxygen atoms in total. The second kappa shape index (κ2) is 7.58. The molecule has 1 fully saturated rings. The number of aromatic nitrogens is 2. The summed E-state index contributed by atoms with van der Waals surface area (Å²) in [4.78, 5) is 15.0. The van der Waals surface area contributed by atoms with Gasteiger partial charge in [0.05, 0.1) is 15.9 Å². The fourth-order valence-electron chi connectivity index (χ4n) is 3.30. The van der Waals surface area contributed by atoms with Crippen molar-refractivity contribution < 1.29 is 9.94 Å². The maximum Gasteiger partial charge on any atom is 0.160 e. The summed E-state index contributed by atoms with van der Waals surface area (Å²) in [6.07, 6.45) is 5.00. The number of nitrogens with zero attached hydrogens (tertiary/aromatic N) is 3. The molecule has 1 unspecified atom stereocenters. The van der Waals surface area contributed by atoms with Gasteiger partial charge in [0.1, 0.15) is 17.9 Å². The minimum absolute atomic E-state index is 0.0397. The molecule has 0 radical (unpaired) electrons. The summed E-state index contributed by atoms with van der Waals surface area (Å²) in [5.41, 5.74) is 1.51. The van der Waals surface area contributed by atoms with Crippen LogP contribution in [0.15, 0.2) is 42.7 Å². The van der Waals surface area contributed by atoms with Crippen LogP contribution in [0.3, 0.4) is 0 Å². The number of halogens is 1. The predicted molar refractivity (Wildman–Crippen MR) is 107 cm³/mol. The van der Waals surface area contributed by atoms with Crippen molar-refractivity contribution >= 4 is 34.0 Å². The van der Waals surface area contributed by atoms with Crippen molar-refractivity contribution in [2.45, 2.75) is 32.2 Å². The molecule has 1 aromatic heterocycles. The lowest BCUT2D eigenvalue weighted by atomic mass is 10.1. The Morgan fingerprint density at radius 1 is 1.22 bits per heavy atom. The van der Waals surface area contributed by atoms with E-state index in [2.05, 4.69) is 22.2 Å². The zero-order chi connectivity index (χ0) is 18.8. The first-order chi connectivity index (χ1) is 13.1. The number of phenolic OH excluding ortho intramolecular Hbond substituents is 1. The first kappa shape index (κ1) is 17.8. The first-order valence-electron chi connectivity index (χ1n) is 9.05. The number of nitrogens with one attached hydrogen (secondary N) is 1. The number of rotatable bonds is 4. The van der Waals surface area contributed by atoms with E-state index in [1.54, 1.807) is 18.2 Å². The van der Waals surface area contributed by atoms with Crippen LogP contribution < -0.4 is 10.2 Å². The van der Waals surface area contributed by atoms with E-state index in [1.165, 1.54) is 12.7 Å². The molecule has 2 aromatic carbocycles. The van der Waals surface area contributed by atoms with Crippen molar-refractivity contribution in [1.29, 1.82) is 0 Å². The lowest BCUT2D eigenvalue weighted by Gasteiger charge is -2.32. The van der Waals surface area contributed by atoms with Crippen LogP contribution in [-0.2, 0) is 0 Å². The molecule has 27 heavy (non-hydrogen) atoms. The highest BCUT2D eigenvalue weighted by atomic mass is 35.5.